The van der Waals surface area contributed by atoms with Crippen molar-refractivity contribution in [2.75, 3.05) is 6.54 Å². The number of carbonyl (C=O) groups excluding carboxylic acids is 1. The van der Waals surface area contributed by atoms with Crippen molar-refractivity contribution in [1.29, 1.82) is 0 Å². The third kappa shape index (κ3) is 3.81. The minimum absolute atomic E-state index is 0.0806. The van der Waals surface area contributed by atoms with Gasteiger partial charge in [0, 0.05) is 31.4 Å². The molecule has 6 heteroatoms. The van der Waals surface area contributed by atoms with Crippen molar-refractivity contribution in [3.8, 4) is 0 Å². The number of aryl methyl sites for hydroxylation is 1. The van der Waals surface area contributed by atoms with Gasteiger partial charge in [-0.25, -0.2) is 4.98 Å². The van der Waals surface area contributed by atoms with Crippen molar-refractivity contribution in [1.82, 2.24) is 14.5 Å². The smallest absolute Gasteiger partial charge is 0.323 e. The molecule has 19 heavy (non-hydrogen) atoms. The van der Waals surface area contributed by atoms with E-state index in [0.29, 0.717) is 13.0 Å². The molecule has 0 bridgehead atoms. The van der Waals surface area contributed by atoms with Crippen LogP contribution in [-0.4, -0.2) is 44.0 Å². The predicted molar refractivity (Wildman–Crippen MR) is 68.4 cm³/mol. The summed E-state index contributed by atoms with van der Waals surface area (Å²) in [6.45, 7) is 0.356. The molecule has 0 spiro atoms. The monoisotopic (exact) mass is 265 g/mol. The van der Waals surface area contributed by atoms with Crippen molar-refractivity contribution in [3.63, 3.8) is 0 Å². The summed E-state index contributed by atoms with van der Waals surface area (Å²) in [6.07, 6.45) is 9.44. The lowest BCUT2D eigenvalue weighted by atomic mass is 10.2. The first-order chi connectivity index (χ1) is 9.16. The predicted octanol–water partition coefficient (Wildman–Crippen LogP) is 1.13. The van der Waals surface area contributed by atoms with Gasteiger partial charge < -0.3 is 14.6 Å². The summed E-state index contributed by atoms with van der Waals surface area (Å²) in [4.78, 5) is 28.5. The number of rotatable bonds is 6. The van der Waals surface area contributed by atoms with Crippen molar-refractivity contribution in [2.24, 2.45) is 0 Å². The van der Waals surface area contributed by atoms with Crippen LogP contribution in [0.5, 0.6) is 0 Å². The molecule has 1 aromatic rings. The Bertz CT molecular complexity index is 424. The number of amides is 1. The minimum Gasteiger partial charge on any atom is -0.480 e. The average Bonchev–Trinajstić information content (AvgIpc) is 3.05. The van der Waals surface area contributed by atoms with Gasteiger partial charge in [0.1, 0.15) is 6.54 Å². The highest BCUT2D eigenvalue weighted by atomic mass is 16.4. The zero-order valence-corrected chi connectivity index (χ0v) is 10.9. The van der Waals surface area contributed by atoms with Gasteiger partial charge in [0.05, 0.1) is 6.33 Å². The minimum atomic E-state index is -0.942. The Hall–Kier alpha value is -1.85. The van der Waals surface area contributed by atoms with Gasteiger partial charge in [-0.05, 0) is 12.8 Å². The quantitative estimate of drug-likeness (QED) is 0.836. The second-order valence-electron chi connectivity index (χ2n) is 4.90. The van der Waals surface area contributed by atoms with Crippen LogP contribution in [0.1, 0.15) is 32.1 Å². The summed E-state index contributed by atoms with van der Waals surface area (Å²) >= 11 is 0. The van der Waals surface area contributed by atoms with Gasteiger partial charge >= 0.3 is 5.97 Å². The Balaban J connectivity index is 1.92. The third-order valence-electron chi connectivity index (χ3n) is 3.53. The molecule has 0 radical (unpaired) electrons. The van der Waals surface area contributed by atoms with Gasteiger partial charge in [-0.3, -0.25) is 9.59 Å². The number of nitrogens with zero attached hydrogens (tertiary/aromatic N) is 3. The van der Waals surface area contributed by atoms with Crippen LogP contribution in [0.15, 0.2) is 18.7 Å². The van der Waals surface area contributed by atoms with Crippen LogP contribution in [0, 0.1) is 0 Å². The van der Waals surface area contributed by atoms with E-state index in [1.165, 1.54) is 4.90 Å². The van der Waals surface area contributed by atoms with E-state index in [2.05, 4.69) is 4.98 Å². The van der Waals surface area contributed by atoms with E-state index >= 15 is 0 Å². The van der Waals surface area contributed by atoms with E-state index < -0.39 is 5.97 Å². The Morgan fingerprint density at radius 3 is 2.68 bits per heavy atom. The molecule has 1 amide bonds. The lowest BCUT2D eigenvalue weighted by molar-refractivity contribution is -0.146. The van der Waals surface area contributed by atoms with Crippen molar-refractivity contribution < 1.29 is 14.7 Å². The molecule has 6 nitrogen and oxygen atoms in total. The fraction of sp³-hybridized carbons (Fsp3) is 0.615. The zero-order valence-electron chi connectivity index (χ0n) is 10.9. The van der Waals surface area contributed by atoms with Gasteiger partial charge in [-0.2, -0.15) is 0 Å². The molecular formula is C13H19N3O3. The van der Waals surface area contributed by atoms with Crippen LogP contribution in [-0.2, 0) is 16.1 Å². The molecule has 0 unspecified atom stereocenters. The summed E-state index contributed by atoms with van der Waals surface area (Å²) in [5.41, 5.74) is 0. The SMILES string of the molecule is O=C(O)CN(C(=O)CCn1ccnc1)C1CCCC1. The molecule has 0 aliphatic heterocycles. The van der Waals surface area contributed by atoms with Crippen LogP contribution in [0.4, 0.5) is 0 Å². The molecule has 1 heterocycles. The van der Waals surface area contributed by atoms with Crippen LogP contribution < -0.4 is 0 Å². The van der Waals surface area contributed by atoms with Crippen LogP contribution in [0.2, 0.25) is 0 Å². The first-order valence-corrected chi connectivity index (χ1v) is 6.64. The van der Waals surface area contributed by atoms with Crippen molar-refractivity contribution in [3.05, 3.63) is 18.7 Å². The molecule has 2 rings (SSSR count). The Morgan fingerprint density at radius 2 is 2.11 bits per heavy atom. The van der Waals surface area contributed by atoms with E-state index in [9.17, 15) is 9.59 Å². The normalized spacial score (nSPS) is 15.6. The summed E-state index contributed by atoms with van der Waals surface area (Å²) in [6, 6.07) is 0.103. The molecule has 1 aliphatic rings. The molecule has 1 aromatic heterocycles. The second-order valence-corrected chi connectivity index (χ2v) is 4.90. The second kappa shape index (κ2) is 6.36. The van der Waals surface area contributed by atoms with E-state index in [1.54, 1.807) is 18.7 Å². The lowest BCUT2D eigenvalue weighted by Crippen LogP contribution is -2.42. The number of carboxylic acid groups (broad SMARTS) is 1. The fourth-order valence-corrected chi connectivity index (χ4v) is 2.57. The van der Waals surface area contributed by atoms with Crippen LogP contribution >= 0.6 is 0 Å². The Morgan fingerprint density at radius 1 is 1.37 bits per heavy atom. The Kier molecular flexibility index (Phi) is 4.54. The van der Waals surface area contributed by atoms with Crippen LogP contribution in [0.3, 0.4) is 0 Å². The molecule has 1 saturated carbocycles. The average molecular weight is 265 g/mol. The molecule has 1 fully saturated rings. The van der Waals surface area contributed by atoms with Gasteiger partial charge in [0.25, 0.3) is 0 Å². The topological polar surface area (TPSA) is 75.4 Å². The van der Waals surface area contributed by atoms with Crippen molar-refractivity contribution >= 4 is 11.9 Å². The van der Waals surface area contributed by atoms with E-state index in [-0.39, 0.29) is 18.5 Å². The summed E-state index contributed by atoms with van der Waals surface area (Å²) in [5.74, 6) is -1.02. The van der Waals surface area contributed by atoms with E-state index in [0.717, 1.165) is 25.7 Å². The number of carboxylic acids is 1. The third-order valence-corrected chi connectivity index (χ3v) is 3.53. The van der Waals surface area contributed by atoms with Crippen molar-refractivity contribution in [2.45, 2.75) is 44.7 Å². The molecular weight excluding hydrogens is 246 g/mol. The molecule has 104 valence electrons. The van der Waals surface area contributed by atoms with Gasteiger partial charge in [0.15, 0.2) is 0 Å². The number of hydrogen-bond donors (Lipinski definition) is 1. The highest BCUT2D eigenvalue weighted by Gasteiger charge is 2.27. The largest absolute Gasteiger partial charge is 0.480 e. The molecule has 0 saturated heterocycles. The van der Waals surface area contributed by atoms with Gasteiger partial charge in [0.2, 0.25) is 5.91 Å². The standard InChI is InChI=1S/C13H19N3O3/c17-12(5-7-15-8-6-14-10-15)16(9-13(18)19)11-3-1-2-4-11/h6,8,10-11H,1-5,7,9H2,(H,18,19). The highest BCUT2D eigenvalue weighted by Crippen LogP contribution is 2.24. The maximum Gasteiger partial charge on any atom is 0.323 e. The van der Waals surface area contributed by atoms with Crippen LogP contribution in [0.25, 0.3) is 0 Å². The van der Waals surface area contributed by atoms with Gasteiger partial charge in [-0.1, -0.05) is 12.8 Å². The summed E-state index contributed by atoms with van der Waals surface area (Å²) in [7, 11) is 0. The number of hydrogen-bond acceptors (Lipinski definition) is 3. The number of aliphatic carboxylic acids is 1. The number of aromatic nitrogens is 2. The molecule has 0 atom stereocenters. The first-order valence-electron chi connectivity index (χ1n) is 6.64. The zero-order chi connectivity index (χ0) is 13.7. The molecule has 1 aliphatic carbocycles. The summed E-state index contributed by atoms with van der Waals surface area (Å²) in [5, 5.41) is 8.94. The number of imidazole rings is 1. The molecule has 1 N–H and O–H groups in total. The van der Waals surface area contributed by atoms with E-state index in [4.69, 9.17) is 5.11 Å². The highest BCUT2D eigenvalue weighted by molar-refractivity contribution is 5.81. The van der Waals surface area contributed by atoms with Gasteiger partial charge in [-0.15, -0.1) is 0 Å². The number of carbonyl (C=O) groups is 2. The maximum absolute atomic E-state index is 12.2. The Labute approximate surface area is 112 Å². The molecule has 0 aromatic carbocycles. The summed E-state index contributed by atoms with van der Waals surface area (Å²) < 4.78 is 1.82. The van der Waals surface area contributed by atoms with E-state index in [1.807, 2.05) is 4.57 Å². The first kappa shape index (κ1) is 13.6. The maximum atomic E-state index is 12.2. The fourth-order valence-electron chi connectivity index (χ4n) is 2.57. The lowest BCUT2D eigenvalue weighted by Gasteiger charge is -2.27.